The molecule has 2 saturated heterocycles. The topological polar surface area (TPSA) is 96.3 Å². The van der Waals surface area contributed by atoms with Gasteiger partial charge in [-0.2, -0.15) is 0 Å². The van der Waals surface area contributed by atoms with Gasteiger partial charge in [-0.1, -0.05) is 25.0 Å². The zero-order valence-corrected chi connectivity index (χ0v) is 22.0. The number of amides is 2. The monoisotopic (exact) mass is 581 g/mol. The van der Waals surface area contributed by atoms with Gasteiger partial charge in [-0.15, -0.1) is 0 Å². The van der Waals surface area contributed by atoms with Gasteiger partial charge in [0.1, 0.15) is 0 Å². The van der Waals surface area contributed by atoms with Crippen molar-refractivity contribution in [2.24, 2.45) is 17.8 Å². The fourth-order valence-corrected chi connectivity index (χ4v) is 6.38. The number of phenols is 1. The molecule has 34 heavy (non-hydrogen) atoms. The fraction of sp³-hybridized carbons (Fsp3) is 0.538. The highest BCUT2D eigenvalue weighted by molar-refractivity contribution is 14.1. The summed E-state index contributed by atoms with van der Waals surface area (Å²) in [7, 11) is 3.09. The molecule has 0 radical (unpaired) electrons. The van der Waals surface area contributed by atoms with Gasteiger partial charge in [0.2, 0.25) is 11.8 Å². The number of nitrogens with zero attached hydrogens (tertiary/aromatic N) is 1. The summed E-state index contributed by atoms with van der Waals surface area (Å²) in [6.45, 7) is 2.45. The molecule has 2 amide bonds. The Labute approximate surface area is 213 Å². The van der Waals surface area contributed by atoms with Gasteiger partial charge >= 0.3 is 0 Å². The summed E-state index contributed by atoms with van der Waals surface area (Å²) in [4.78, 5) is 26.6. The van der Waals surface area contributed by atoms with E-state index in [1.165, 1.54) is 10.5 Å². The van der Waals surface area contributed by atoms with Crippen molar-refractivity contribution in [2.75, 3.05) is 27.4 Å². The highest BCUT2D eigenvalue weighted by atomic mass is 127. The van der Waals surface area contributed by atoms with Crippen LogP contribution in [0, 0.1) is 21.3 Å². The molecule has 0 unspecified atom stereocenters. The van der Waals surface area contributed by atoms with Crippen molar-refractivity contribution in [1.82, 2.24) is 4.90 Å². The Morgan fingerprint density at radius 1 is 1.26 bits per heavy atom. The summed E-state index contributed by atoms with van der Waals surface area (Å²) >= 11 is 2.10. The van der Waals surface area contributed by atoms with E-state index in [4.69, 9.17) is 9.47 Å². The molecule has 4 atom stereocenters. The third kappa shape index (κ3) is 4.52. The minimum atomic E-state index is -0.377. The van der Waals surface area contributed by atoms with Crippen LogP contribution in [0.5, 0.6) is 11.5 Å². The Bertz CT molecular complexity index is 1050. The van der Waals surface area contributed by atoms with Crippen LogP contribution in [0.25, 0.3) is 6.08 Å². The lowest BCUT2D eigenvalue weighted by molar-refractivity contribution is -0.138. The maximum Gasteiger partial charge on any atom is 0.233 e. The maximum absolute atomic E-state index is 12.8. The molecule has 1 aliphatic carbocycles. The molecule has 8 heteroatoms. The predicted molar refractivity (Wildman–Crippen MR) is 136 cm³/mol. The molecule has 1 aromatic carbocycles. The number of aliphatic hydroxyl groups is 1. The second-order valence-corrected chi connectivity index (χ2v) is 10.5. The molecule has 2 aliphatic heterocycles. The number of hydrogen-bond donors (Lipinski definition) is 2. The first kappa shape index (κ1) is 25.2. The molecule has 4 rings (SSSR count). The number of ether oxygens (including phenoxy) is 2. The number of methoxy groups -OCH3 is 1. The van der Waals surface area contributed by atoms with Crippen molar-refractivity contribution >= 4 is 40.5 Å². The Morgan fingerprint density at radius 2 is 2.03 bits per heavy atom. The standard InChI is InChI=1S/C26H32INO6/c1-4-5-14(8-15-9-19(27)24(30)21(10-15)33-3)6-7-20-22-16(12-29)11-17-23(18(22)13-34-20)26(32)28(2)25(17)31/h8-10,17-18,20,23,29-30H,4-7,11-13H2,1-3H3/b14-8+/t17-,18+,20-,23-/m1/s1. The number of fused-ring (bicyclic) bond motifs is 3. The third-order valence-electron chi connectivity index (χ3n) is 7.36. The van der Waals surface area contributed by atoms with E-state index in [0.717, 1.165) is 46.0 Å². The number of phenolic OH excluding ortho intramolecular Hbond substituents is 1. The van der Waals surface area contributed by atoms with Crippen LogP contribution in [-0.4, -0.2) is 60.4 Å². The van der Waals surface area contributed by atoms with Crippen molar-refractivity contribution in [1.29, 1.82) is 0 Å². The molecule has 3 aliphatic rings. The normalized spacial score (nSPS) is 26.9. The van der Waals surface area contributed by atoms with Crippen LogP contribution in [0.1, 0.15) is 44.6 Å². The Morgan fingerprint density at radius 3 is 2.71 bits per heavy atom. The molecule has 184 valence electrons. The van der Waals surface area contributed by atoms with E-state index in [1.54, 1.807) is 14.2 Å². The van der Waals surface area contributed by atoms with Crippen molar-refractivity contribution in [3.05, 3.63) is 38.0 Å². The van der Waals surface area contributed by atoms with Crippen molar-refractivity contribution < 1.29 is 29.3 Å². The number of aromatic hydroxyl groups is 1. The van der Waals surface area contributed by atoms with Gasteiger partial charge in [0.05, 0.1) is 41.8 Å². The van der Waals surface area contributed by atoms with E-state index in [-0.39, 0.29) is 48.0 Å². The summed E-state index contributed by atoms with van der Waals surface area (Å²) in [5.74, 6) is -0.549. The SMILES string of the molecule is CCC/C(=C\c1cc(I)c(O)c(OC)c1)CC[C@H]1OC[C@H]2C1=C(CO)C[C@H]1C(=O)N(C)C(=O)[C@H]12. The van der Waals surface area contributed by atoms with Gasteiger partial charge in [-0.05, 0) is 77.1 Å². The summed E-state index contributed by atoms with van der Waals surface area (Å²) < 4.78 is 12.2. The smallest absolute Gasteiger partial charge is 0.233 e. The number of allylic oxidation sites excluding steroid dienone is 1. The number of carbonyl (C=O) groups excluding carboxylic acids is 2. The molecule has 0 saturated carbocycles. The number of aliphatic hydroxyl groups excluding tert-OH is 1. The molecule has 0 aromatic heterocycles. The summed E-state index contributed by atoms with van der Waals surface area (Å²) in [6, 6.07) is 3.77. The van der Waals surface area contributed by atoms with Gasteiger partial charge < -0.3 is 19.7 Å². The highest BCUT2D eigenvalue weighted by Crippen LogP contribution is 2.49. The predicted octanol–water partition coefficient (Wildman–Crippen LogP) is 3.91. The summed E-state index contributed by atoms with van der Waals surface area (Å²) in [5.41, 5.74) is 4.15. The average molecular weight is 581 g/mol. The first-order chi connectivity index (χ1) is 16.3. The number of benzene rings is 1. The highest BCUT2D eigenvalue weighted by Gasteiger charge is 2.55. The molecule has 7 nitrogen and oxygen atoms in total. The molecule has 0 bridgehead atoms. The zero-order valence-electron chi connectivity index (χ0n) is 19.8. The van der Waals surface area contributed by atoms with E-state index in [9.17, 15) is 19.8 Å². The van der Waals surface area contributed by atoms with Gasteiger partial charge in [-0.3, -0.25) is 14.5 Å². The minimum absolute atomic E-state index is 0.108. The van der Waals surface area contributed by atoms with Crippen molar-refractivity contribution in [2.45, 2.75) is 45.1 Å². The van der Waals surface area contributed by atoms with Crippen LogP contribution in [-0.2, 0) is 14.3 Å². The molecule has 0 spiro atoms. The third-order valence-corrected chi connectivity index (χ3v) is 8.18. The quantitative estimate of drug-likeness (QED) is 0.275. The van der Waals surface area contributed by atoms with Gasteiger partial charge in [-0.25, -0.2) is 0 Å². The van der Waals surface area contributed by atoms with Crippen LogP contribution in [0.4, 0.5) is 0 Å². The lowest BCUT2D eigenvalue weighted by atomic mass is 9.69. The van der Waals surface area contributed by atoms with Crippen LogP contribution < -0.4 is 4.74 Å². The second-order valence-electron chi connectivity index (χ2n) is 9.36. The largest absolute Gasteiger partial charge is 0.504 e. The number of likely N-dealkylation sites (tertiary alicyclic amines) is 1. The number of hydrogen-bond acceptors (Lipinski definition) is 6. The Kier molecular flexibility index (Phi) is 7.69. The van der Waals surface area contributed by atoms with Crippen LogP contribution in [0.2, 0.25) is 0 Å². The van der Waals surface area contributed by atoms with E-state index in [0.29, 0.717) is 18.8 Å². The molecule has 2 fully saturated rings. The van der Waals surface area contributed by atoms with Crippen LogP contribution in [0.3, 0.4) is 0 Å². The number of halogens is 1. The van der Waals surface area contributed by atoms with Gasteiger partial charge in [0.15, 0.2) is 11.5 Å². The van der Waals surface area contributed by atoms with E-state index in [1.807, 2.05) is 12.1 Å². The lowest BCUT2D eigenvalue weighted by Gasteiger charge is -2.31. The fourth-order valence-electron chi connectivity index (χ4n) is 5.75. The lowest BCUT2D eigenvalue weighted by Crippen LogP contribution is -2.34. The summed E-state index contributed by atoms with van der Waals surface area (Å²) in [6.07, 6.45) is 5.93. The number of rotatable bonds is 8. The molecule has 1 aromatic rings. The van der Waals surface area contributed by atoms with Crippen LogP contribution >= 0.6 is 22.6 Å². The zero-order chi connectivity index (χ0) is 24.6. The first-order valence-electron chi connectivity index (χ1n) is 11.8. The summed E-state index contributed by atoms with van der Waals surface area (Å²) in [5, 5.41) is 20.2. The van der Waals surface area contributed by atoms with Gasteiger partial charge in [0.25, 0.3) is 0 Å². The van der Waals surface area contributed by atoms with Crippen molar-refractivity contribution in [3.8, 4) is 11.5 Å². The van der Waals surface area contributed by atoms with Crippen LogP contribution in [0.15, 0.2) is 28.9 Å². The first-order valence-corrected chi connectivity index (χ1v) is 12.9. The Balaban J connectivity index is 1.55. The average Bonchev–Trinajstić information content (AvgIpc) is 3.34. The molecular weight excluding hydrogens is 549 g/mol. The molecule has 2 heterocycles. The minimum Gasteiger partial charge on any atom is -0.504 e. The van der Waals surface area contributed by atoms with E-state index < -0.39 is 0 Å². The Hall–Kier alpha value is -1.91. The maximum atomic E-state index is 12.8. The number of carbonyl (C=O) groups is 2. The second kappa shape index (κ2) is 10.4. The number of imide groups is 1. The van der Waals surface area contributed by atoms with Crippen molar-refractivity contribution in [3.63, 3.8) is 0 Å². The van der Waals surface area contributed by atoms with E-state index >= 15 is 0 Å². The molecular formula is C26H32INO6. The van der Waals surface area contributed by atoms with Gasteiger partial charge in [0, 0.05) is 13.0 Å². The molecule has 2 N–H and O–H groups in total. The van der Waals surface area contributed by atoms with E-state index in [2.05, 4.69) is 35.6 Å².